The van der Waals surface area contributed by atoms with Crippen LogP contribution in [-0.4, -0.2) is 138 Å². The molecular formula is C12H21NO20S3. The van der Waals surface area contributed by atoms with E-state index >= 15 is 0 Å². The molecule has 21 nitrogen and oxygen atoms in total. The van der Waals surface area contributed by atoms with Crippen LogP contribution in [-0.2, 0) is 58.5 Å². The van der Waals surface area contributed by atoms with Crippen LogP contribution < -0.4 is 4.72 Å². The number of ether oxygens (including phenoxy) is 3. The largest absolute Gasteiger partial charge is 0.479 e. The average molecular weight is 595 g/mol. The van der Waals surface area contributed by atoms with Crippen LogP contribution in [0.5, 0.6) is 0 Å². The van der Waals surface area contributed by atoms with E-state index in [4.69, 9.17) is 33.0 Å². The number of hydrogen-bond donors (Lipinski definition) is 9. The maximum absolute atomic E-state index is 11.3. The van der Waals surface area contributed by atoms with Crippen LogP contribution in [0.15, 0.2) is 0 Å². The zero-order valence-corrected chi connectivity index (χ0v) is 19.6. The standard InChI is InChI=1S/C12H21NO20S3/c14-4-3(13-34(20,21)22)11(19)30-2(1-29-35(23,24)25)7(4)31-12-9(33-36(26,27)28)6(16)5(15)8(32-12)10(17)18/h2-9,11-16,19H,1H2,(H,17,18)(H,20,21,22)(H,23,24,25)(H,26,27,28)/t2-,3+,4-,5+,6+,7+,8+,9-,11+,12-/m0/s1. The first kappa shape index (κ1) is 31.0. The fourth-order valence-corrected chi connectivity index (χ4v) is 4.63. The Morgan fingerprint density at radius 1 is 0.833 bits per heavy atom. The van der Waals surface area contributed by atoms with Gasteiger partial charge in [0.1, 0.15) is 36.6 Å². The van der Waals surface area contributed by atoms with Gasteiger partial charge in [-0.05, 0) is 0 Å². The molecule has 0 spiro atoms. The van der Waals surface area contributed by atoms with Crippen molar-refractivity contribution in [1.82, 2.24) is 4.72 Å². The zero-order valence-electron chi connectivity index (χ0n) is 17.2. The van der Waals surface area contributed by atoms with Gasteiger partial charge < -0.3 is 39.7 Å². The van der Waals surface area contributed by atoms with Crippen LogP contribution in [0.1, 0.15) is 0 Å². The molecule has 24 heteroatoms. The normalized spacial score (nSPS) is 38.5. The molecule has 10 atom stereocenters. The van der Waals surface area contributed by atoms with Crippen LogP contribution in [0.4, 0.5) is 0 Å². The first-order valence-electron chi connectivity index (χ1n) is 9.14. The molecule has 0 saturated carbocycles. The molecule has 36 heavy (non-hydrogen) atoms. The second-order valence-electron chi connectivity index (χ2n) is 7.22. The van der Waals surface area contributed by atoms with E-state index in [1.54, 1.807) is 0 Å². The van der Waals surface area contributed by atoms with Gasteiger partial charge in [0.2, 0.25) is 0 Å². The maximum Gasteiger partial charge on any atom is 0.397 e. The van der Waals surface area contributed by atoms with Crippen molar-refractivity contribution in [2.45, 2.75) is 61.3 Å². The summed E-state index contributed by atoms with van der Waals surface area (Å²) in [4.78, 5) is 11.3. The number of hydrogen-bond acceptors (Lipinski definition) is 16. The minimum Gasteiger partial charge on any atom is -0.479 e. The van der Waals surface area contributed by atoms with E-state index in [2.05, 4.69) is 8.37 Å². The number of rotatable bonds is 10. The Labute approximate surface area is 201 Å². The number of nitrogens with one attached hydrogen (secondary N) is 1. The van der Waals surface area contributed by atoms with Gasteiger partial charge in [-0.25, -0.2) is 13.2 Å². The average Bonchev–Trinajstić information content (AvgIpc) is 2.68. The second kappa shape index (κ2) is 11.3. The Morgan fingerprint density at radius 2 is 1.42 bits per heavy atom. The highest BCUT2D eigenvalue weighted by molar-refractivity contribution is 7.83. The van der Waals surface area contributed by atoms with E-state index in [-0.39, 0.29) is 0 Å². The van der Waals surface area contributed by atoms with Crippen molar-refractivity contribution in [1.29, 1.82) is 0 Å². The zero-order chi connectivity index (χ0) is 27.8. The number of aliphatic hydroxyl groups is 4. The van der Waals surface area contributed by atoms with Crippen LogP contribution >= 0.6 is 0 Å². The molecule has 2 saturated heterocycles. The third-order valence-electron chi connectivity index (χ3n) is 4.67. The summed E-state index contributed by atoms with van der Waals surface area (Å²) in [6.45, 7) is -1.29. The Morgan fingerprint density at radius 3 is 1.89 bits per heavy atom. The van der Waals surface area contributed by atoms with Crippen LogP contribution in [0, 0.1) is 0 Å². The Hall–Kier alpha value is -1.20. The lowest BCUT2D eigenvalue weighted by molar-refractivity contribution is -0.336. The predicted octanol–water partition coefficient (Wildman–Crippen LogP) is -6.25. The first-order chi connectivity index (χ1) is 16.2. The highest BCUT2D eigenvalue weighted by atomic mass is 32.3. The molecule has 0 aromatic carbocycles. The number of aliphatic hydroxyl groups excluding tert-OH is 4. The molecule has 212 valence electrons. The van der Waals surface area contributed by atoms with Gasteiger partial charge in [-0.15, -0.1) is 0 Å². The van der Waals surface area contributed by atoms with E-state index in [1.807, 2.05) is 0 Å². The molecule has 0 unspecified atom stereocenters. The number of carboxylic acids is 1. The molecule has 2 fully saturated rings. The van der Waals surface area contributed by atoms with Gasteiger partial charge >= 0.3 is 37.1 Å². The topological polar surface area (TPSA) is 340 Å². The summed E-state index contributed by atoms with van der Waals surface area (Å²) in [6.07, 6.45) is -21.1. The lowest BCUT2D eigenvalue weighted by atomic mass is 9.96. The summed E-state index contributed by atoms with van der Waals surface area (Å²) in [5.74, 6) is -1.94. The SMILES string of the molecule is O=C(O)[C@@H]1O[C@H](O[C@H]2[C@@H](O)[C@@H](NS(=O)(=O)O)[C@H](O)O[C@H]2COS(=O)(=O)O)[C@@H](OS(=O)(=O)O)[C@H](O)[C@H]1O. The summed E-state index contributed by atoms with van der Waals surface area (Å²) in [6, 6.07) is -2.19. The van der Waals surface area contributed by atoms with Crippen LogP contribution in [0.2, 0.25) is 0 Å². The predicted molar refractivity (Wildman–Crippen MR) is 102 cm³/mol. The summed E-state index contributed by atoms with van der Waals surface area (Å²) in [5, 5.41) is 49.7. The number of aliphatic carboxylic acids is 1. The molecule has 9 N–H and O–H groups in total. The van der Waals surface area contributed by atoms with Crippen molar-refractivity contribution in [3.8, 4) is 0 Å². The molecule has 0 aliphatic carbocycles. The summed E-state index contributed by atoms with van der Waals surface area (Å²) in [7, 11) is -15.8. The molecule has 2 heterocycles. The molecule has 2 aliphatic heterocycles. The van der Waals surface area contributed by atoms with E-state index in [0.717, 1.165) is 0 Å². The lowest BCUT2D eigenvalue weighted by Gasteiger charge is -2.46. The van der Waals surface area contributed by atoms with Crippen molar-refractivity contribution < 1.29 is 91.8 Å². The molecule has 0 aromatic heterocycles. The van der Waals surface area contributed by atoms with E-state index in [9.17, 15) is 50.5 Å². The summed E-state index contributed by atoms with van der Waals surface area (Å²) in [5.41, 5.74) is 0. The van der Waals surface area contributed by atoms with Crippen molar-refractivity contribution in [3.63, 3.8) is 0 Å². The van der Waals surface area contributed by atoms with Gasteiger partial charge in [0.25, 0.3) is 0 Å². The summed E-state index contributed by atoms with van der Waals surface area (Å²) < 4.78 is 118. The van der Waals surface area contributed by atoms with Gasteiger partial charge in [0.05, 0.1) is 6.61 Å². The van der Waals surface area contributed by atoms with E-state index in [1.165, 1.54) is 4.72 Å². The van der Waals surface area contributed by atoms with Crippen LogP contribution in [0.25, 0.3) is 0 Å². The summed E-state index contributed by atoms with van der Waals surface area (Å²) >= 11 is 0. The quantitative estimate of drug-likeness (QED) is 0.106. The second-order valence-corrected chi connectivity index (χ2v) is 10.5. The maximum atomic E-state index is 11.3. The molecule has 0 amide bonds. The first-order valence-corrected chi connectivity index (χ1v) is 13.3. The Bertz CT molecular complexity index is 1100. The highest BCUT2D eigenvalue weighted by Gasteiger charge is 2.54. The molecule has 0 bridgehead atoms. The van der Waals surface area contributed by atoms with Gasteiger partial charge in [-0.3, -0.25) is 13.7 Å². The van der Waals surface area contributed by atoms with Gasteiger partial charge in [-0.1, -0.05) is 0 Å². The smallest absolute Gasteiger partial charge is 0.397 e. The number of carbonyl (C=O) groups is 1. The van der Waals surface area contributed by atoms with Gasteiger partial charge in [0.15, 0.2) is 24.8 Å². The van der Waals surface area contributed by atoms with Gasteiger partial charge in [-0.2, -0.15) is 30.0 Å². The van der Waals surface area contributed by atoms with Crippen molar-refractivity contribution in [2.75, 3.05) is 6.61 Å². The van der Waals surface area contributed by atoms with E-state index < -0.39 is 105 Å². The van der Waals surface area contributed by atoms with Gasteiger partial charge in [0, 0.05) is 0 Å². The minimum absolute atomic E-state index is 1.29. The Kier molecular flexibility index (Phi) is 9.71. The highest BCUT2D eigenvalue weighted by Crippen LogP contribution is 2.31. The monoisotopic (exact) mass is 595 g/mol. The molecule has 2 rings (SSSR count). The third-order valence-corrected chi connectivity index (χ3v) is 6.14. The number of carboxylic acid groups (broad SMARTS) is 1. The van der Waals surface area contributed by atoms with Crippen LogP contribution in [0.3, 0.4) is 0 Å². The van der Waals surface area contributed by atoms with E-state index in [0.29, 0.717) is 0 Å². The minimum atomic E-state index is -5.47. The fourth-order valence-electron chi connectivity index (χ4n) is 3.24. The molecular weight excluding hydrogens is 574 g/mol. The molecule has 2 aliphatic rings. The molecule has 0 aromatic rings. The van der Waals surface area contributed by atoms with Crippen molar-refractivity contribution >= 4 is 37.1 Å². The van der Waals surface area contributed by atoms with Crippen molar-refractivity contribution in [2.24, 2.45) is 0 Å². The Balaban J connectivity index is 2.46. The lowest BCUT2D eigenvalue weighted by Crippen LogP contribution is -2.67. The fraction of sp³-hybridized carbons (Fsp3) is 0.917. The molecule has 0 radical (unpaired) electrons. The van der Waals surface area contributed by atoms with Crippen molar-refractivity contribution in [3.05, 3.63) is 0 Å². The third kappa shape index (κ3) is 8.41.